The van der Waals surface area contributed by atoms with E-state index in [4.69, 9.17) is 26.3 Å². The third kappa shape index (κ3) is 3.88. The minimum atomic E-state index is -0.440. The minimum absolute atomic E-state index is 0.159. The van der Waals surface area contributed by atoms with Gasteiger partial charge in [-0.1, -0.05) is 39.3 Å². The van der Waals surface area contributed by atoms with Gasteiger partial charge < -0.3 is 14.8 Å². The second-order valence-electron chi connectivity index (χ2n) is 8.91. The summed E-state index contributed by atoms with van der Waals surface area (Å²) in [5, 5.41) is 12.0. The molecule has 2 rings (SSSR count). The summed E-state index contributed by atoms with van der Waals surface area (Å²) in [5.41, 5.74) is -1.01. The average Bonchev–Trinajstić information content (AvgIpc) is 2.48. The second kappa shape index (κ2) is 6.62. The number of alkyl carbamates (subject to hydrolysis) is 1. The van der Waals surface area contributed by atoms with Gasteiger partial charge in [0.15, 0.2) is 5.69 Å². The van der Waals surface area contributed by atoms with Crippen molar-refractivity contribution in [3.05, 3.63) is 23.0 Å². The molecule has 0 radical (unpaired) electrons. The lowest BCUT2D eigenvalue weighted by atomic mass is 9.51. The first-order valence-corrected chi connectivity index (χ1v) is 8.88. The molecular formula is C19H26ClN3O3. The molecule has 0 spiro atoms. The van der Waals surface area contributed by atoms with Crippen molar-refractivity contribution in [2.45, 2.75) is 66.2 Å². The normalized spacial score (nSPS) is 23.3. The number of nitriles is 1. The van der Waals surface area contributed by atoms with E-state index < -0.39 is 16.9 Å². The Balaban J connectivity index is 2.14. The largest absolute Gasteiger partial charge is 0.487 e. The van der Waals surface area contributed by atoms with Crippen molar-refractivity contribution in [1.82, 2.24) is 10.3 Å². The van der Waals surface area contributed by atoms with Gasteiger partial charge in [0, 0.05) is 22.4 Å². The lowest BCUT2D eigenvalue weighted by molar-refractivity contribution is -0.235. The lowest BCUT2D eigenvalue weighted by Crippen LogP contribution is -2.71. The number of nitrogens with zero attached hydrogens (tertiary/aromatic N) is 2. The molecule has 7 heteroatoms. The number of aromatic nitrogens is 1. The van der Waals surface area contributed by atoms with Gasteiger partial charge in [-0.15, -0.1) is 0 Å². The summed E-state index contributed by atoms with van der Waals surface area (Å²) in [6.07, 6.45) is 0.513. The van der Waals surface area contributed by atoms with E-state index >= 15 is 0 Å². The van der Waals surface area contributed by atoms with E-state index in [1.807, 2.05) is 54.5 Å². The van der Waals surface area contributed by atoms with Crippen molar-refractivity contribution in [3.8, 4) is 11.8 Å². The summed E-state index contributed by atoms with van der Waals surface area (Å²) in [6.45, 7) is 13.7. The van der Waals surface area contributed by atoms with Crippen LogP contribution < -0.4 is 10.1 Å². The third-order valence-electron chi connectivity index (χ3n) is 4.58. The number of pyridine rings is 1. The highest BCUT2D eigenvalue weighted by molar-refractivity contribution is 6.31. The molecule has 6 nitrogen and oxygen atoms in total. The minimum Gasteiger partial charge on any atom is -0.487 e. The molecule has 1 fully saturated rings. The fourth-order valence-electron chi connectivity index (χ4n) is 3.85. The topological polar surface area (TPSA) is 84.2 Å². The summed E-state index contributed by atoms with van der Waals surface area (Å²) in [6, 6.07) is 3.50. The number of hydrogen-bond acceptors (Lipinski definition) is 5. The molecule has 0 aromatic carbocycles. The molecule has 1 heterocycles. The summed E-state index contributed by atoms with van der Waals surface area (Å²) in [7, 11) is 0. The number of hydrogen-bond donors (Lipinski definition) is 1. The van der Waals surface area contributed by atoms with Gasteiger partial charge in [0.25, 0.3) is 0 Å². The zero-order valence-electron chi connectivity index (χ0n) is 16.3. The van der Waals surface area contributed by atoms with E-state index in [1.165, 1.54) is 6.20 Å². The van der Waals surface area contributed by atoms with E-state index in [0.29, 0.717) is 5.75 Å². The molecule has 26 heavy (non-hydrogen) atoms. The first-order chi connectivity index (χ1) is 11.8. The fourth-order valence-corrected chi connectivity index (χ4v) is 4.05. The Hall–Kier alpha value is -2.00. The van der Waals surface area contributed by atoms with Gasteiger partial charge in [0.05, 0.1) is 11.2 Å². The lowest BCUT2D eigenvalue weighted by Gasteiger charge is -2.61. The first-order valence-electron chi connectivity index (χ1n) is 8.50. The van der Waals surface area contributed by atoms with Gasteiger partial charge in [-0.2, -0.15) is 5.26 Å². The number of rotatable bonds is 3. The van der Waals surface area contributed by atoms with Crippen LogP contribution in [0.4, 0.5) is 4.79 Å². The van der Waals surface area contributed by atoms with Crippen LogP contribution in [0.3, 0.4) is 0 Å². The van der Waals surface area contributed by atoms with Crippen LogP contribution in [-0.2, 0) is 4.74 Å². The van der Waals surface area contributed by atoms with Crippen LogP contribution in [0.2, 0.25) is 5.02 Å². The smallest absolute Gasteiger partial charge is 0.407 e. The van der Waals surface area contributed by atoms with Gasteiger partial charge in [-0.25, -0.2) is 9.78 Å². The SMILES string of the molecule is CC(C)(C)NC(=O)OC1C(C)(C)C(Oc2cnc(C#N)c(Cl)c2)C1(C)C. The number of carbonyl (C=O) groups excluding carboxylic acids is 1. The van der Waals surface area contributed by atoms with E-state index in [-0.39, 0.29) is 28.5 Å². The Labute approximate surface area is 159 Å². The number of nitrogens with one attached hydrogen (secondary N) is 1. The standard InChI is InChI=1S/C19H26ClN3O3/c1-17(2,3)23-16(24)26-15-18(4,5)14(19(15,6)7)25-11-8-12(20)13(9-21)22-10-11/h8,10,14-15H,1-7H3,(H,23,24). The third-order valence-corrected chi connectivity index (χ3v) is 4.87. The number of amides is 1. The predicted molar refractivity (Wildman–Crippen MR) is 99.1 cm³/mol. The number of halogens is 1. The highest BCUT2D eigenvalue weighted by atomic mass is 35.5. The van der Waals surface area contributed by atoms with Crippen LogP contribution in [0, 0.1) is 22.2 Å². The summed E-state index contributed by atoms with van der Waals surface area (Å²) in [4.78, 5) is 16.2. The maximum atomic E-state index is 12.2. The highest BCUT2D eigenvalue weighted by Gasteiger charge is 2.66. The van der Waals surface area contributed by atoms with E-state index in [2.05, 4.69) is 10.3 Å². The van der Waals surface area contributed by atoms with Crippen LogP contribution in [0.15, 0.2) is 12.3 Å². The molecule has 1 aliphatic carbocycles. The Morgan fingerprint density at radius 2 is 1.85 bits per heavy atom. The molecule has 1 N–H and O–H groups in total. The molecule has 142 valence electrons. The van der Waals surface area contributed by atoms with Crippen molar-refractivity contribution in [2.75, 3.05) is 0 Å². The Morgan fingerprint density at radius 3 is 2.31 bits per heavy atom. The summed E-state index contributed by atoms with van der Waals surface area (Å²) < 4.78 is 11.8. The molecule has 0 unspecified atom stereocenters. The van der Waals surface area contributed by atoms with Crippen LogP contribution >= 0.6 is 11.6 Å². The van der Waals surface area contributed by atoms with Crippen LogP contribution in [0.1, 0.15) is 54.2 Å². The second-order valence-corrected chi connectivity index (χ2v) is 9.32. The molecule has 1 saturated carbocycles. The molecule has 1 aromatic heterocycles. The number of carbonyl (C=O) groups is 1. The van der Waals surface area contributed by atoms with Gasteiger partial charge in [0.2, 0.25) is 0 Å². The quantitative estimate of drug-likeness (QED) is 0.845. The van der Waals surface area contributed by atoms with Crippen LogP contribution in [0.5, 0.6) is 5.75 Å². The first kappa shape index (κ1) is 20.3. The Kier molecular flexibility index (Phi) is 5.17. The molecular weight excluding hydrogens is 354 g/mol. The highest BCUT2D eigenvalue weighted by Crippen LogP contribution is 2.57. The molecule has 1 amide bonds. The molecule has 0 bridgehead atoms. The van der Waals surface area contributed by atoms with E-state index in [1.54, 1.807) is 6.07 Å². The summed E-state index contributed by atoms with van der Waals surface area (Å²) >= 11 is 6.03. The molecule has 0 atom stereocenters. The average molecular weight is 380 g/mol. The predicted octanol–water partition coefficient (Wildman–Crippen LogP) is 4.31. The van der Waals surface area contributed by atoms with Gasteiger partial charge >= 0.3 is 6.09 Å². The fraction of sp³-hybridized carbons (Fsp3) is 0.632. The molecule has 0 saturated heterocycles. The zero-order valence-corrected chi connectivity index (χ0v) is 17.1. The maximum absolute atomic E-state index is 12.2. The van der Waals surface area contributed by atoms with Crippen LogP contribution in [-0.4, -0.2) is 28.8 Å². The van der Waals surface area contributed by atoms with Crippen LogP contribution in [0.25, 0.3) is 0 Å². The molecule has 0 aliphatic heterocycles. The van der Waals surface area contributed by atoms with Gasteiger partial charge in [-0.3, -0.25) is 0 Å². The zero-order chi connectivity index (χ0) is 19.9. The molecule has 1 aliphatic rings. The van der Waals surface area contributed by atoms with Crippen molar-refractivity contribution in [2.24, 2.45) is 10.8 Å². The van der Waals surface area contributed by atoms with Gasteiger partial charge in [0.1, 0.15) is 24.0 Å². The number of ether oxygens (including phenoxy) is 2. The summed E-state index contributed by atoms with van der Waals surface area (Å²) in [5.74, 6) is 0.484. The van der Waals surface area contributed by atoms with E-state index in [9.17, 15) is 4.79 Å². The van der Waals surface area contributed by atoms with Crippen molar-refractivity contribution < 1.29 is 14.3 Å². The molecule has 1 aromatic rings. The van der Waals surface area contributed by atoms with Crippen molar-refractivity contribution >= 4 is 17.7 Å². The Morgan fingerprint density at radius 1 is 1.27 bits per heavy atom. The monoisotopic (exact) mass is 379 g/mol. The van der Waals surface area contributed by atoms with Crippen molar-refractivity contribution in [1.29, 1.82) is 5.26 Å². The van der Waals surface area contributed by atoms with E-state index in [0.717, 1.165) is 0 Å². The van der Waals surface area contributed by atoms with Crippen molar-refractivity contribution in [3.63, 3.8) is 0 Å². The maximum Gasteiger partial charge on any atom is 0.407 e. The van der Waals surface area contributed by atoms with Gasteiger partial charge in [-0.05, 0) is 20.8 Å². The Bertz CT molecular complexity index is 731.